The summed E-state index contributed by atoms with van der Waals surface area (Å²) in [6.07, 6.45) is 11.7. The summed E-state index contributed by atoms with van der Waals surface area (Å²) in [7, 11) is -0.639. The molecule has 3 aromatic carbocycles. The van der Waals surface area contributed by atoms with E-state index in [1.807, 2.05) is 24.3 Å². The number of rotatable bonds is 8. The molecule has 6 rings (SSSR count). The van der Waals surface area contributed by atoms with Crippen LogP contribution in [-0.2, 0) is 19.6 Å². The Labute approximate surface area is 260 Å². The van der Waals surface area contributed by atoms with Crippen LogP contribution < -0.4 is 5.46 Å². The molecule has 44 heavy (non-hydrogen) atoms. The van der Waals surface area contributed by atoms with Crippen LogP contribution in [0, 0.1) is 5.92 Å². The van der Waals surface area contributed by atoms with Crippen LogP contribution in [0.4, 0.5) is 0 Å². The number of benzene rings is 3. The van der Waals surface area contributed by atoms with E-state index in [0.717, 1.165) is 34.3 Å². The highest BCUT2D eigenvalue weighted by atomic mass is 16.7. The predicted molar refractivity (Wildman–Crippen MR) is 175 cm³/mol. The van der Waals surface area contributed by atoms with E-state index in [1.54, 1.807) is 19.1 Å². The molecule has 1 saturated heterocycles. The molecule has 6 nitrogen and oxygen atoms in total. The second-order valence-electron chi connectivity index (χ2n) is 12.4. The second-order valence-corrected chi connectivity index (χ2v) is 12.4. The number of aromatic nitrogens is 2. The molecular formula is C37H39BN2O4. The molecule has 1 atom stereocenters. The van der Waals surface area contributed by atoms with Gasteiger partial charge in [0.25, 0.3) is 0 Å². The number of ether oxygens (including phenoxy) is 1. The lowest BCUT2D eigenvalue weighted by Gasteiger charge is -2.41. The maximum absolute atomic E-state index is 12.4. The van der Waals surface area contributed by atoms with Crippen LogP contribution in [0.3, 0.4) is 0 Å². The van der Waals surface area contributed by atoms with Crippen molar-refractivity contribution in [2.24, 2.45) is 5.92 Å². The maximum atomic E-state index is 12.4. The van der Waals surface area contributed by atoms with Crippen LogP contribution in [0.1, 0.15) is 62.5 Å². The summed E-state index contributed by atoms with van der Waals surface area (Å²) in [5.74, 6) is -0.275. The standard InChI is InChI=1S/C37H39BN2O4/c1-6-42-34(41)28-24-22-27(23-25-28)33-32(38-43-35(2,3)36(4,5)44-38)26-40(39-33)37(29-16-10-7-11-17-29,30-18-12-8-13-19-30)31-20-14-9-15-21-31/h7-20,22-26,31H,6,21H2,1-5H3. The summed E-state index contributed by atoms with van der Waals surface area (Å²) in [5.41, 5.74) is 3.45. The first-order chi connectivity index (χ1) is 21.2. The zero-order valence-electron chi connectivity index (χ0n) is 26.1. The molecule has 1 aromatic heterocycles. The van der Waals surface area contributed by atoms with Gasteiger partial charge in [-0.3, -0.25) is 4.68 Å². The molecule has 1 fully saturated rings. The first-order valence-electron chi connectivity index (χ1n) is 15.3. The first kappa shape index (κ1) is 29.9. The summed E-state index contributed by atoms with van der Waals surface area (Å²) in [4.78, 5) is 12.4. The SMILES string of the molecule is CCOC(=O)c1ccc(-c2nn(C(c3ccccc3)(c3ccccc3)C3C=CC=CC3)cc2B2OC(C)(C)C(C)(C)O2)cc1. The van der Waals surface area contributed by atoms with Crippen molar-refractivity contribution < 1.29 is 18.8 Å². The van der Waals surface area contributed by atoms with Crippen molar-refractivity contribution in [3.63, 3.8) is 0 Å². The molecule has 7 heteroatoms. The number of carbonyl (C=O) groups is 1. The smallest absolute Gasteiger partial charge is 0.462 e. The summed E-state index contributed by atoms with van der Waals surface area (Å²) in [6, 6.07) is 28.6. The molecule has 2 heterocycles. The Morgan fingerprint density at radius 1 is 0.909 bits per heavy atom. The Bertz CT molecular complexity index is 1620. The quantitative estimate of drug-likeness (QED) is 0.165. The zero-order chi connectivity index (χ0) is 31.0. The summed E-state index contributed by atoms with van der Waals surface area (Å²) >= 11 is 0. The Balaban J connectivity index is 1.60. The molecule has 0 amide bonds. The van der Waals surface area contributed by atoms with E-state index in [9.17, 15) is 4.79 Å². The van der Waals surface area contributed by atoms with Crippen LogP contribution in [0.5, 0.6) is 0 Å². The van der Waals surface area contributed by atoms with E-state index in [2.05, 4.69) is 111 Å². The lowest BCUT2D eigenvalue weighted by Crippen LogP contribution is -2.44. The van der Waals surface area contributed by atoms with Crippen LogP contribution in [0.25, 0.3) is 11.3 Å². The highest BCUT2D eigenvalue weighted by molar-refractivity contribution is 6.63. The Morgan fingerprint density at radius 3 is 2.02 bits per heavy atom. The Hall–Kier alpha value is -4.20. The van der Waals surface area contributed by atoms with Crippen LogP contribution in [0.15, 0.2) is 115 Å². The molecule has 0 spiro atoms. The minimum Gasteiger partial charge on any atom is -0.462 e. The van der Waals surface area contributed by atoms with Crippen molar-refractivity contribution in [1.82, 2.24) is 9.78 Å². The van der Waals surface area contributed by atoms with Gasteiger partial charge in [-0.05, 0) is 64.3 Å². The lowest BCUT2D eigenvalue weighted by molar-refractivity contribution is 0.00578. The predicted octanol–water partition coefficient (Wildman–Crippen LogP) is 6.95. The third-order valence-corrected chi connectivity index (χ3v) is 9.23. The fourth-order valence-corrected chi connectivity index (χ4v) is 6.22. The fraction of sp³-hybridized carbons (Fsp3) is 0.297. The topological polar surface area (TPSA) is 62.6 Å². The fourth-order valence-electron chi connectivity index (χ4n) is 6.22. The normalized spacial score (nSPS) is 18.8. The highest BCUT2D eigenvalue weighted by Crippen LogP contribution is 2.45. The molecule has 0 radical (unpaired) electrons. The van der Waals surface area contributed by atoms with Gasteiger partial charge < -0.3 is 14.0 Å². The van der Waals surface area contributed by atoms with Gasteiger partial charge in [-0.2, -0.15) is 5.10 Å². The van der Waals surface area contributed by atoms with E-state index in [4.69, 9.17) is 19.1 Å². The Morgan fingerprint density at radius 2 is 1.50 bits per heavy atom. The van der Waals surface area contributed by atoms with Crippen molar-refractivity contribution >= 4 is 18.6 Å². The zero-order valence-corrected chi connectivity index (χ0v) is 26.1. The van der Waals surface area contributed by atoms with Gasteiger partial charge in [0.15, 0.2) is 0 Å². The number of esters is 1. The summed E-state index contributed by atoms with van der Waals surface area (Å²) in [5, 5.41) is 5.41. The van der Waals surface area contributed by atoms with E-state index in [-0.39, 0.29) is 11.9 Å². The van der Waals surface area contributed by atoms with E-state index in [1.165, 1.54) is 0 Å². The third-order valence-electron chi connectivity index (χ3n) is 9.23. The van der Waals surface area contributed by atoms with E-state index >= 15 is 0 Å². The maximum Gasteiger partial charge on any atom is 0.498 e. The van der Waals surface area contributed by atoms with Gasteiger partial charge in [-0.15, -0.1) is 0 Å². The minimum atomic E-state index is -0.675. The number of carbonyl (C=O) groups excluding carboxylic acids is 1. The van der Waals surface area contributed by atoms with Crippen molar-refractivity contribution in [2.75, 3.05) is 6.61 Å². The second kappa shape index (κ2) is 11.7. The summed E-state index contributed by atoms with van der Waals surface area (Å²) < 4.78 is 20.6. The van der Waals surface area contributed by atoms with E-state index < -0.39 is 23.9 Å². The molecule has 1 aliphatic carbocycles. The lowest BCUT2D eigenvalue weighted by atomic mass is 9.70. The number of hydrogen-bond donors (Lipinski definition) is 0. The van der Waals surface area contributed by atoms with Crippen molar-refractivity contribution in [2.45, 2.75) is 57.8 Å². The number of nitrogens with zero attached hydrogens (tertiary/aromatic N) is 2. The van der Waals surface area contributed by atoms with Gasteiger partial charge in [0, 0.05) is 23.1 Å². The van der Waals surface area contributed by atoms with Gasteiger partial charge in [0.1, 0.15) is 5.54 Å². The third kappa shape index (κ3) is 5.14. The molecule has 0 N–H and O–H groups in total. The number of hydrogen-bond acceptors (Lipinski definition) is 5. The van der Waals surface area contributed by atoms with E-state index in [0.29, 0.717) is 12.2 Å². The molecule has 4 aromatic rings. The molecule has 2 aliphatic rings. The molecule has 1 aliphatic heterocycles. The molecule has 0 bridgehead atoms. The Kier molecular flexibility index (Phi) is 7.95. The highest BCUT2D eigenvalue weighted by Gasteiger charge is 2.54. The monoisotopic (exact) mass is 586 g/mol. The van der Waals surface area contributed by atoms with Crippen LogP contribution >= 0.6 is 0 Å². The minimum absolute atomic E-state index is 0.0717. The molecule has 0 saturated carbocycles. The largest absolute Gasteiger partial charge is 0.498 e. The van der Waals surface area contributed by atoms with Crippen molar-refractivity contribution in [3.05, 3.63) is 132 Å². The first-order valence-corrected chi connectivity index (χ1v) is 15.3. The van der Waals surface area contributed by atoms with Gasteiger partial charge in [-0.25, -0.2) is 4.79 Å². The van der Waals surface area contributed by atoms with Gasteiger partial charge in [0.05, 0.1) is 29.1 Å². The molecular weight excluding hydrogens is 547 g/mol. The molecule has 224 valence electrons. The van der Waals surface area contributed by atoms with Crippen molar-refractivity contribution in [1.29, 1.82) is 0 Å². The van der Waals surface area contributed by atoms with Gasteiger partial charge >= 0.3 is 13.1 Å². The average Bonchev–Trinajstić information content (AvgIpc) is 3.57. The summed E-state index contributed by atoms with van der Waals surface area (Å²) in [6.45, 7) is 10.4. The van der Waals surface area contributed by atoms with Crippen LogP contribution in [0.2, 0.25) is 0 Å². The van der Waals surface area contributed by atoms with Crippen molar-refractivity contribution in [3.8, 4) is 11.3 Å². The van der Waals surface area contributed by atoms with Gasteiger partial charge in [0.2, 0.25) is 0 Å². The van der Waals surface area contributed by atoms with Gasteiger partial charge in [-0.1, -0.05) is 97.1 Å². The van der Waals surface area contributed by atoms with Crippen LogP contribution in [-0.4, -0.2) is 40.7 Å². The molecule has 1 unspecified atom stereocenters. The average molecular weight is 587 g/mol. The number of allylic oxidation sites excluding steroid dienone is 4.